The Kier molecular flexibility index (Phi) is 3.99. The molecule has 2 rings (SSSR count). The smallest absolute Gasteiger partial charge is 0.202 e. The van der Waals surface area contributed by atoms with Gasteiger partial charge >= 0.3 is 0 Å². The summed E-state index contributed by atoms with van der Waals surface area (Å²) in [6.07, 6.45) is 8.42. The van der Waals surface area contributed by atoms with E-state index >= 15 is 0 Å². The molecule has 0 aliphatic rings. The maximum atomic E-state index is 2.15. The number of hydrogen-bond acceptors (Lipinski definition) is 1. The van der Waals surface area contributed by atoms with Crippen molar-refractivity contribution in [3.8, 4) is 0 Å². The third-order valence-corrected chi connectivity index (χ3v) is 3.40. The first-order chi connectivity index (χ1) is 8.29. The Labute approximate surface area is 107 Å². The normalized spacial score (nSPS) is 10.9. The number of pyridine rings is 1. The van der Waals surface area contributed by atoms with E-state index in [1.165, 1.54) is 16.2 Å². The predicted molar refractivity (Wildman–Crippen MR) is 74.8 cm³/mol. The van der Waals surface area contributed by atoms with E-state index in [1.54, 1.807) is 11.8 Å². The van der Waals surface area contributed by atoms with Gasteiger partial charge in [0.15, 0.2) is 6.20 Å². The van der Waals surface area contributed by atoms with Crippen molar-refractivity contribution in [3.05, 3.63) is 59.9 Å². The van der Waals surface area contributed by atoms with E-state index in [1.807, 2.05) is 6.07 Å². The predicted octanol–water partition coefficient (Wildman–Crippen LogP) is 3.40. The SMILES string of the molecule is CSc1ccc(/C=C/c2cccc[n+]2C)cc1. The largest absolute Gasteiger partial charge is 0.204 e. The van der Waals surface area contributed by atoms with Crippen LogP contribution in [0.25, 0.3) is 12.2 Å². The molecule has 1 nitrogen and oxygen atoms in total. The van der Waals surface area contributed by atoms with Crippen LogP contribution in [0.15, 0.2) is 53.6 Å². The number of aryl methyl sites for hydroxylation is 1. The number of nitrogens with zero attached hydrogens (tertiary/aromatic N) is 1. The quantitative estimate of drug-likeness (QED) is 0.589. The van der Waals surface area contributed by atoms with Gasteiger partial charge in [0.25, 0.3) is 0 Å². The van der Waals surface area contributed by atoms with Gasteiger partial charge in [-0.25, -0.2) is 4.57 Å². The van der Waals surface area contributed by atoms with Crippen molar-refractivity contribution >= 4 is 23.9 Å². The van der Waals surface area contributed by atoms with Crippen LogP contribution >= 0.6 is 11.8 Å². The number of benzene rings is 1. The fourth-order valence-corrected chi connectivity index (χ4v) is 2.01. The molecule has 2 heteroatoms. The topological polar surface area (TPSA) is 3.88 Å². The van der Waals surface area contributed by atoms with E-state index in [2.05, 4.69) is 72.6 Å². The third kappa shape index (κ3) is 3.21. The first-order valence-electron chi connectivity index (χ1n) is 5.56. The fraction of sp³-hybridized carbons (Fsp3) is 0.133. The van der Waals surface area contributed by atoms with Crippen LogP contribution in [0.1, 0.15) is 11.3 Å². The van der Waals surface area contributed by atoms with Gasteiger partial charge in [0.2, 0.25) is 5.69 Å². The zero-order chi connectivity index (χ0) is 12.1. The summed E-state index contributed by atoms with van der Waals surface area (Å²) in [4.78, 5) is 1.30. The van der Waals surface area contributed by atoms with Crippen LogP contribution in [-0.2, 0) is 7.05 Å². The average molecular weight is 242 g/mol. The van der Waals surface area contributed by atoms with Crippen molar-refractivity contribution in [2.24, 2.45) is 7.05 Å². The van der Waals surface area contributed by atoms with Gasteiger partial charge in [-0.1, -0.05) is 12.1 Å². The van der Waals surface area contributed by atoms with Crippen LogP contribution in [0.2, 0.25) is 0 Å². The number of aromatic nitrogens is 1. The highest BCUT2D eigenvalue weighted by Crippen LogP contribution is 2.15. The fourth-order valence-electron chi connectivity index (χ4n) is 1.61. The summed E-state index contributed by atoms with van der Waals surface area (Å²) in [5, 5.41) is 0. The Morgan fingerprint density at radius 2 is 1.76 bits per heavy atom. The summed E-state index contributed by atoms with van der Waals surface area (Å²) in [7, 11) is 2.05. The third-order valence-electron chi connectivity index (χ3n) is 2.66. The van der Waals surface area contributed by atoms with Gasteiger partial charge in [0, 0.05) is 23.1 Å². The lowest BCUT2D eigenvalue weighted by atomic mass is 10.2. The molecule has 1 heterocycles. The van der Waals surface area contributed by atoms with Crippen LogP contribution < -0.4 is 4.57 Å². The molecule has 0 amide bonds. The molecule has 0 bridgehead atoms. The monoisotopic (exact) mass is 242 g/mol. The molecule has 17 heavy (non-hydrogen) atoms. The molecule has 0 spiro atoms. The lowest BCUT2D eigenvalue weighted by Crippen LogP contribution is -2.30. The van der Waals surface area contributed by atoms with Crippen LogP contribution in [-0.4, -0.2) is 6.26 Å². The van der Waals surface area contributed by atoms with Crippen LogP contribution in [0.4, 0.5) is 0 Å². The van der Waals surface area contributed by atoms with E-state index in [-0.39, 0.29) is 0 Å². The number of rotatable bonds is 3. The van der Waals surface area contributed by atoms with Gasteiger partial charge in [-0.2, -0.15) is 0 Å². The second-order valence-corrected chi connectivity index (χ2v) is 4.72. The molecule has 2 aromatic rings. The first-order valence-corrected chi connectivity index (χ1v) is 6.79. The van der Waals surface area contributed by atoms with Crippen molar-refractivity contribution in [3.63, 3.8) is 0 Å². The molecule has 1 aromatic carbocycles. The van der Waals surface area contributed by atoms with Crippen molar-refractivity contribution < 1.29 is 4.57 Å². The minimum atomic E-state index is 1.20. The van der Waals surface area contributed by atoms with E-state index in [9.17, 15) is 0 Å². The second kappa shape index (κ2) is 5.69. The highest BCUT2D eigenvalue weighted by molar-refractivity contribution is 7.98. The summed E-state index contributed by atoms with van der Waals surface area (Å²) in [5.41, 5.74) is 2.42. The van der Waals surface area contributed by atoms with Crippen LogP contribution in [0.3, 0.4) is 0 Å². The molecule has 86 valence electrons. The van der Waals surface area contributed by atoms with Crippen LogP contribution in [0, 0.1) is 0 Å². The summed E-state index contributed by atoms with van der Waals surface area (Å²) < 4.78 is 2.10. The van der Waals surface area contributed by atoms with Crippen molar-refractivity contribution in [1.82, 2.24) is 0 Å². The van der Waals surface area contributed by atoms with E-state index in [0.29, 0.717) is 0 Å². The van der Waals surface area contributed by atoms with Crippen molar-refractivity contribution in [2.75, 3.05) is 6.26 Å². The van der Waals surface area contributed by atoms with E-state index in [4.69, 9.17) is 0 Å². The highest BCUT2D eigenvalue weighted by Gasteiger charge is 1.98. The lowest BCUT2D eigenvalue weighted by molar-refractivity contribution is -0.673. The van der Waals surface area contributed by atoms with Gasteiger partial charge in [-0.15, -0.1) is 11.8 Å². The van der Waals surface area contributed by atoms with Gasteiger partial charge < -0.3 is 0 Å². The molecule has 0 unspecified atom stereocenters. The zero-order valence-electron chi connectivity index (χ0n) is 10.1. The Morgan fingerprint density at radius 1 is 1.00 bits per heavy atom. The minimum Gasteiger partial charge on any atom is -0.202 e. The Hall–Kier alpha value is -1.54. The van der Waals surface area contributed by atoms with Gasteiger partial charge in [-0.05, 0) is 36.1 Å². The molecular formula is C15H16NS+. The molecule has 0 aliphatic heterocycles. The molecule has 1 aromatic heterocycles. The maximum absolute atomic E-state index is 2.15. The molecular weight excluding hydrogens is 226 g/mol. The van der Waals surface area contributed by atoms with Gasteiger partial charge in [-0.3, -0.25) is 0 Å². The summed E-state index contributed by atoms with van der Waals surface area (Å²) in [5.74, 6) is 0. The zero-order valence-corrected chi connectivity index (χ0v) is 10.9. The summed E-state index contributed by atoms with van der Waals surface area (Å²) in [6.45, 7) is 0. The molecule has 0 saturated heterocycles. The van der Waals surface area contributed by atoms with Crippen molar-refractivity contribution in [2.45, 2.75) is 4.90 Å². The number of hydrogen-bond donors (Lipinski definition) is 0. The van der Waals surface area contributed by atoms with Crippen LogP contribution in [0.5, 0.6) is 0 Å². The lowest BCUT2D eigenvalue weighted by Gasteiger charge is -1.97. The molecule has 0 saturated carbocycles. The molecule has 0 radical (unpaired) electrons. The molecule has 0 atom stereocenters. The van der Waals surface area contributed by atoms with E-state index in [0.717, 1.165) is 0 Å². The summed E-state index contributed by atoms with van der Waals surface area (Å²) >= 11 is 1.77. The molecule has 0 fully saturated rings. The highest BCUT2D eigenvalue weighted by atomic mass is 32.2. The van der Waals surface area contributed by atoms with Gasteiger partial charge in [0.1, 0.15) is 7.05 Å². The van der Waals surface area contributed by atoms with E-state index < -0.39 is 0 Å². The summed E-state index contributed by atoms with van der Waals surface area (Å²) in [6, 6.07) is 14.8. The molecule has 0 aliphatic carbocycles. The second-order valence-electron chi connectivity index (χ2n) is 3.84. The Bertz CT molecular complexity index is 515. The Morgan fingerprint density at radius 3 is 2.41 bits per heavy atom. The standard InChI is InChI=1S/C15H16NS/c1-16-12-4-3-5-14(16)9-6-13-7-10-15(17-2)11-8-13/h3-12H,1-2H3/q+1/b9-6+. The Balaban J connectivity index is 2.17. The average Bonchev–Trinajstić information content (AvgIpc) is 2.38. The first kappa shape index (κ1) is 11.9. The molecule has 0 N–H and O–H groups in total. The maximum Gasteiger partial charge on any atom is 0.204 e. The van der Waals surface area contributed by atoms with Gasteiger partial charge in [0.05, 0.1) is 0 Å². The minimum absolute atomic E-state index is 1.20. The number of thioether (sulfide) groups is 1. The van der Waals surface area contributed by atoms with Crippen molar-refractivity contribution in [1.29, 1.82) is 0 Å².